The van der Waals surface area contributed by atoms with E-state index in [1.807, 2.05) is 12.1 Å². The summed E-state index contributed by atoms with van der Waals surface area (Å²) in [5.41, 5.74) is 13.2. The molecule has 0 saturated carbocycles. The summed E-state index contributed by atoms with van der Waals surface area (Å²) in [6, 6.07) is 69.1. The molecule has 3 nitrogen and oxygen atoms in total. The number of hydrogen-bond acceptors (Lipinski definition) is 2. The number of benzene rings is 8. The second kappa shape index (κ2) is 11.9. The van der Waals surface area contributed by atoms with E-state index in [-0.39, 0.29) is 0 Å². The van der Waals surface area contributed by atoms with Crippen molar-refractivity contribution in [3.8, 4) is 27.9 Å². The Labute approximate surface area is 295 Å². The number of fused-ring (bicyclic) bond motifs is 6. The molecule has 2 aromatic heterocycles. The van der Waals surface area contributed by atoms with Gasteiger partial charge in [0.15, 0.2) is 5.58 Å². The summed E-state index contributed by atoms with van der Waals surface area (Å²) < 4.78 is 8.88. The standard InChI is InChI=1S/C48H32N2O/c1-3-16-35(17-4-1)49(36-18-5-2-6-19-36)37-20-13-15-33(31-37)38-21-7-8-22-39(38)34-29-30-45-43(32-34)40-23-9-11-26-44(40)50(45)46-27-14-25-42-41-24-10-12-28-47(41)51-48(42)46/h1-32H. The molecule has 51 heavy (non-hydrogen) atoms. The molecule has 240 valence electrons. The molecule has 0 unspecified atom stereocenters. The maximum atomic E-state index is 6.52. The van der Waals surface area contributed by atoms with Crippen LogP contribution in [0.2, 0.25) is 0 Å². The van der Waals surface area contributed by atoms with Gasteiger partial charge in [-0.1, -0.05) is 127 Å². The minimum absolute atomic E-state index is 0.899. The van der Waals surface area contributed by atoms with E-state index in [0.717, 1.165) is 55.7 Å². The van der Waals surface area contributed by atoms with Crippen molar-refractivity contribution >= 4 is 60.8 Å². The Kier molecular flexibility index (Phi) is 6.81. The smallest absolute Gasteiger partial charge is 0.159 e. The van der Waals surface area contributed by atoms with Crippen molar-refractivity contribution in [2.24, 2.45) is 0 Å². The average Bonchev–Trinajstić information content (AvgIpc) is 3.75. The number of rotatable bonds is 6. The first-order chi connectivity index (χ1) is 25.3. The van der Waals surface area contributed by atoms with E-state index < -0.39 is 0 Å². The van der Waals surface area contributed by atoms with Crippen LogP contribution in [0.25, 0.3) is 71.7 Å². The topological polar surface area (TPSA) is 21.3 Å². The lowest BCUT2D eigenvalue weighted by Crippen LogP contribution is -2.09. The van der Waals surface area contributed by atoms with Gasteiger partial charge in [0.25, 0.3) is 0 Å². The molecule has 0 saturated heterocycles. The largest absolute Gasteiger partial charge is 0.454 e. The van der Waals surface area contributed by atoms with Gasteiger partial charge in [0.1, 0.15) is 5.58 Å². The zero-order valence-corrected chi connectivity index (χ0v) is 27.8. The van der Waals surface area contributed by atoms with Crippen molar-refractivity contribution in [3.63, 3.8) is 0 Å². The SMILES string of the molecule is c1ccc(N(c2ccccc2)c2cccc(-c3ccccc3-c3ccc4c(c3)c3ccccc3n4-c3cccc4c3oc3ccccc34)c2)cc1. The van der Waals surface area contributed by atoms with Crippen LogP contribution in [0, 0.1) is 0 Å². The molecule has 0 amide bonds. The van der Waals surface area contributed by atoms with Gasteiger partial charge in [0, 0.05) is 38.6 Å². The van der Waals surface area contributed by atoms with E-state index in [4.69, 9.17) is 4.42 Å². The van der Waals surface area contributed by atoms with Gasteiger partial charge in [0.2, 0.25) is 0 Å². The van der Waals surface area contributed by atoms with Gasteiger partial charge in [-0.25, -0.2) is 0 Å². The van der Waals surface area contributed by atoms with Gasteiger partial charge in [-0.15, -0.1) is 0 Å². The Balaban J connectivity index is 1.13. The van der Waals surface area contributed by atoms with Crippen molar-refractivity contribution in [1.82, 2.24) is 4.57 Å². The maximum absolute atomic E-state index is 6.52. The first-order valence-electron chi connectivity index (χ1n) is 17.4. The normalized spacial score (nSPS) is 11.5. The summed E-state index contributed by atoms with van der Waals surface area (Å²) in [5, 5.41) is 4.68. The van der Waals surface area contributed by atoms with Gasteiger partial charge in [-0.05, 0) is 89.0 Å². The maximum Gasteiger partial charge on any atom is 0.159 e. The van der Waals surface area contributed by atoms with Crippen LogP contribution in [-0.2, 0) is 0 Å². The number of aromatic nitrogens is 1. The highest BCUT2D eigenvalue weighted by atomic mass is 16.3. The third-order valence-corrected chi connectivity index (χ3v) is 9.98. The van der Waals surface area contributed by atoms with Crippen LogP contribution in [0.4, 0.5) is 17.1 Å². The molecule has 0 N–H and O–H groups in total. The molecular formula is C48H32N2O. The van der Waals surface area contributed by atoms with Gasteiger partial charge in [-0.2, -0.15) is 0 Å². The Morgan fingerprint density at radius 3 is 1.71 bits per heavy atom. The third kappa shape index (κ3) is 4.82. The molecule has 8 aromatic carbocycles. The molecule has 0 fully saturated rings. The zero-order chi connectivity index (χ0) is 33.7. The summed E-state index contributed by atoms with van der Waals surface area (Å²) in [4.78, 5) is 2.32. The molecule has 0 aliphatic carbocycles. The van der Waals surface area contributed by atoms with Gasteiger partial charge in [-0.3, -0.25) is 0 Å². The summed E-state index contributed by atoms with van der Waals surface area (Å²) in [7, 11) is 0. The van der Waals surface area contributed by atoms with Crippen LogP contribution < -0.4 is 4.90 Å². The lowest BCUT2D eigenvalue weighted by molar-refractivity contribution is 0.666. The van der Waals surface area contributed by atoms with Crippen LogP contribution in [0.1, 0.15) is 0 Å². The second-order valence-corrected chi connectivity index (χ2v) is 12.9. The number of nitrogens with zero attached hydrogens (tertiary/aromatic N) is 2. The van der Waals surface area contributed by atoms with Crippen LogP contribution in [0.5, 0.6) is 0 Å². The van der Waals surface area contributed by atoms with Crippen molar-refractivity contribution in [3.05, 3.63) is 194 Å². The minimum atomic E-state index is 0.899. The first-order valence-corrected chi connectivity index (χ1v) is 17.4. The van der Waals surface area contributed by atoms with Crippen LogP contribution in [0.3, 0.4) is 0 Å². The number of hydrogen-bond donors (Lipinski definition) is 0. The van der Waals surface area contributed by atoms with E-state index in [1.54, 1.807) is 0 Å². The molecule has 2 heterocycles. The summed E-state index contributed by atoms with van der Waals surface area (Å²) in [6.07, 6.45) is 0. The van der Waals surface area contributed by atoms with Gasteiger partial charge in [0.05, 0.1) is 16.7 Å². The Morgan fingerprint density at radius 2 is 0.941 bits per heavy atom. The third-order valence-electron chi connectivity index (χ3n) is 9.98. The van der Waals surface area contributed by atoms with Crippen LogP contribution in [0.15, 0.2) is 199 Å². The first kappa shape index (κ1) is 29.1. The predicted octanol–water partition coefficient (Wildman–Crippen LogP) is 13.5. The van der Waals surface area contributed by atoms with E-state index in [0.29, 0.717) is 0 Å². The Morgan fingerprint density at radius 1 is 0.373 bits per heavy atom. The van der Waals surface area contributed by atoms with E-state index >= 15 is 0 Å². The van der Waals surface area contributed by atoms with Crippen molar-refractivity contribution < 1.29 is 4.42 Å². The Hall–Kier alpha value is -6.84. The monoisotopic (exact) mass is 652 g/mol. The summed E-state index contributed by atoms with van der Waals surface area (Å²) >= 11 is 0. The highest BCUT2D eigenvalue weighted by molar-refractivity contribution is 6.13. The quantitative estimate of drug-likeness (QED) is 0.178. The van der Waals surface area contributed by atoms with Crippen LogP contribution >= 0.6 is 0 Å². The number of furan rings is 1. The zero-order valence-electron chi connectivity index (χ0n) is 27.8. The highest BCUT2D eigenvalue weighted by Crippen LogP contribution is 2.42. The second-order valence-electron chi connectivity index (χ2n) is 12.9. The molecule has 0 bridgehead atoms. The van der Waals surface area contributed by atoms with Gasteiger partial charge < -0.3 is 13.9 Å². The van der Waals surface area contributed by atoms with Crippen molar-refractivity contribution in [2.75, 3.05) is 4.90 Å². The lowest BCUT2D eigenvalue weighted by Gasteiger charge is -2.26. The molecular weight excluding hydrogens is 621 g/mol. The van der Waals surface area contributed by atoms with Crippen LogP contribution in [-0.4, -0.2) is 4.57 Å². The van der Waals surface area contributed by atoms with E-state index in [1.165, 1.54) is 33.0 Å². The number of para-hydroxylation sites is 5. The molecule has 0 atom stereocenters. The molecule has 0 spiro atoms. The molecule has 3 heteroatoms. The fourth-order valence-electron chi connectivity index (χ4n) is 7.71. The van der Waals surface area contributed by atoms with Crippen molar-refractivity contribution in [2.45, 2.75) is 0 Å². The van der Waals surface area contributed by atoms with Gasteiger partial charge >= 0.3 is 0 Å². The molecule has 10 rings (SSSR count). The van der Waals surface area contributed by atoms with E-state index in [9.17, 15) is 0 Å². The highest BCUT2D eigenvalue weighted by Gasteiger charge is 2.19. The minimum Gasteiger partial charge on any atom is -0.454 e. The number of anilines is 3. The summed E-state index contributed by atoms with van der Waals surface area (Å²) in [5.74, 6) is 0. The fourth-order valence-corrected chi connectivity index (χ4v) is 7.71. The predicted molar refractivity (Wildman–Crippen MR) is 214 cm³/mol. The fraction of sp³-hybridized carbons (Fsp3) is 0. The summed E-state index contributed by atoms with van der Waals surface area (Å²) in [6.45, 7) is 0. The molecule has 0 aliphatic heterocycles. The molecule has 0 aliphatic rings. The molecule has 10 aromatic rings. The lowest BCUT2D eigenvalue weighted by atomic mass is 9.93. The van der Waals surface area contributed by atoms with E-state index in [2.05, 4.69) is 191 Å². The molecule has 0 radical (unpaired) electrons. The average molecular weight is 653 g/mol. The van der Waals surface area contributed by atoms with Crippen molar-refractivity contribution in [1.29, 1.82) is 0 Å². The Bertz CT molecular complexity index is 2830.